The smallest absolute Gasteiger partial charge is 0.319 e. The number of anilines is 1. The molecule has 0 unspecified atom stereocenters. The van der Waals surface area contributed by atoms with E-state index < -0.39 is 0 Å². The van der Waals surface area contributed by atoms with Gasteiger partial charge < -0.3 is 10.6 Å². The summed E-state index contributed by atoms with van der Waals surface area (Å²) in [5.74, 6) is -0.205. The van der Waals surface area contributed by atoms with Crippen molar-refractivity contribution in [1.29, 1.82) is 5.26 Å². The van der Waals surface area contributed by atoms with E-state index in [1.807, 2.05) is 30.3 Å². The van der Waals surface area contributed by atoms with Crippen LogP contribution in [0.15, 0.2) is 36.5 Å². The van der Waals surface area contributed by atoms with E-state index >= 15 is 0 Å². The molecule has 2 aromatic rings. The maximum atomic E-state index is 11.6. The fourth-order valence-electron chi connectivity index (χ4n) is 1.62. The second-order valence-corrected chi connectivity index (χ2v) is 4.41. The minimum atomic E-state index is -0.318. The summed E-state index contributed by atoms with van der Waals surface area (Å²) in [5, 5.41) is 20.7. The highest BCUT2D eigenvalue weighted by molar-refractivity contribution is 5.89. The van der Waals surface area contributed by atoms with Crippen LogP contribution >= 0.6 is 0 Å². The number of benzene rings is 1. The van der Waals surface area contributed by atoms with E-state index in [-0.39, 0.29) is 11.9 Å². The summed E-state index contributed by atoms with van der Waals surface area (Å²) in [6.45, 7) is 2.08. The van der Waals surface area contributed by atoms with Gasteiger partial charge >= 0.3 is 6.03 Å². The minimum absolute atomic E-state index is 0.205. The van der Waals surface area contributed by atoms with Gasteiger partial charge in [-0.1, -0.05) is 12.1 Å². The van der Waals surface area contributed by atoms with Crippen molar-refractivity contribution in [3.8, 4) is 17.3 Å². The molecule has 3 N–H and O–H groups in total. The van der Waals surface area contributed by atoms with Crippen molar-refractivity contribution >= 4 is 11.7 Å². The number of hydrogen-bond donors (Lipinski definition) is 3. The van der Waals surface area contributed by atoms with Crippen LogP contribution in [0.2, 0.25) is 0 Å². The summed E-state index contributed by atoms with van der Waals surface area (Å²) in [5.41, 5.74) is 2.60. The molecule has 1 aromatic carbocycles. The monoisotopic (exact) mass is 269 g/mol. The Labute approximate surface area is 116 Å². The number of carbonyl (C=O) groups excluding carboxylic acids is 1. The zero-order valence-electron chi connectivity index (χ0n) is 11.1. The highest BCUT2D eigenvalue weighted by Gasteiger charge is 2.05. The van der Waals surface area contributed by atoms with E-state index in [1.165, 1.54) is 0 Å². The van der Waals surface area contributed by atoms with Gasteiger partial charge in [-0.05, 0) is 30.7 Å². The third-order valence-corrected chi connectivity index (χ3v) is 2.74. The molecule has 0 spiro atoms. The van der Waals surface area contributed by atoms with Gasteiger partial charge in [-0.3, -0.25) is 5.10 Å². The predicted octanol–water partition coefficient (Wildman–Crippen LogP) is 2.36. The predicted molar refractivity (Wildman–Crippen MR) is 75.8 cm³/mol. The van der Waals surface area contributed by atoms with Gasteiger partial charge in [-0.2, -0.15) is 10.4 Å². The topological polar surface area (TPSA) is 93.6 Å². The van der Waals surface area contributed by atoms with Crippen LogP contribution in [0, 0.1) is 17.2 Å². The molecule has 1 aromatic heterocycles. The molecule has 0 radical (unpaired) electrons. The van der Waals surface area contributed by atoms with Crippen LogP contribution < -0.4 is 10.6 Å². The summed E-state index contributed by atoms with van der Waals surface area (Å²) in [6, 6.07) is 11.0. The Morgan fingerprint density at radius 1 is 1.40 bits per heavy atom. The van der Waals surface area contributed by atoms with Gasteiger partial charge in [-0.25, -0.2) is 4.79 Å². The number of nitrogens with one attached hydrogen (secondary N) is 3. The lowest BCUT2D eigenvalue weighted by molar-refractivity contribution is 0.251. The van der Waals surface area contributed by atoms with Crippen LogP contribution in [0.25, 0.3) is 11.3 Å². The molecule has 2 rings (SSSR count). The Bertz CT molecular complexity index is 597. The van der Waals surface area contributed by atoms with Crippen LogP contribution in [0.3, 0.4) is 0 Å². The number of nitrogens with zero attached hydrogens (tertiary/aromatic N) is 2. The number of urea groups is 1. The third-order valence-electron chi connectivity index (χ3n) is 2.74. The third kappa shape index (κ3) is 3.59. The van der Waals surface area contributed by atoms with Crippen LogP contribution in [-0.2, 0) is 0 Å². The quantitative estimate of drug-likeness (QED) is 0.795. The number of aromatic nitrogens is 2. The number of nitriles is 1. The SMILES string of the molecule is C[C@@H](C#N)CNC(=O)Nc1ccc(-c2ccn[nH]2)cc1. The number of amides is 2. The maximum Gasteiger partial charge on any atom is 0.319 e. The van der Waals surface area contributed by atoms with Crippen LogP contribution in [-0.4, -0.2) is 22.8 Å². The van der Waals surface area contributed by atoms with E-state index in [9.17, 15) is 4.79 Å². The summed E-state index contributed by atoms with van der Waals surface area (Å²) in [6.07, 6.45) is 1.69. The molecular formula is C14H15N5O. The zero-order valence-corrected chi connectivity index (χ0v) is 11.1. The van der Waals surface area contributed by atoms with Crippen molar-refractivity contribution in [3.63, 3.8) is 0 Å². The fraction of sp³-hybridized carbons (Fsp3) is 0.214. The number of hydrogen-bond acceptors (Lipinski definition) is 3. The summed E-state index contributed by atoms with van der Waals surface area (Å²) in [4.78, 5) is 11.6. The van der Waals surface area contributed by atoms with Crippen LogP contribution in [0.1, 0.15) is 6.92 Å². The molecule has 0 fully saturated rings. The van der Waals surface area contributed by atoms with E-state index in [0.29, 0.717) is 12.2 Å². The largest absolute Gasteiger partial charge is 0.337 e. The highest BCUT2D eigenvalue weighted by Crippen LogP contribution is 2.18. The first kappa shape index (κ1) is 13.6. The van der Waals surface area contributed by atoms with Gasteiger partial charge in [0.15, 0.2) is 0 Å². The molecule has 0 bridgehead atoms. The Morgan fingerprint density at radius 2 is 2.15 bits per heavy atom. The molecule has 0 aliphatic rings. The second-order valence-electron chi connectivity index (χ2n) is 4.41. The molecule has 102 valence electrons. The molecule has 1 atom stereocenters. The van der Waals surface area contributed by atoms with Crippen molar-refractivity contribution in [2.75, 3.05) is 11.9 Å². The Kier molecular flexibility index (Phi) is 4.35. The molecular weight excluding hydrogens is 254 g/mol. The zero-order chi connectivity index (χ0) is 14.4. The van der Waals surface area contributed by atoms with Crippen molar-refractivity contribution < 1.29 is 4.79 Å². The molecule has 0 saturated carbocycles. The molecule has 0 aliphatic carbocycles. The van der Waals surface area contributed by atoms with Crippen LogP contribution in [0.5, 0.6) is 0 Å². The Hall–Kier alpha value is -2.81. The van der Waals surface area contributed by atoms with Gasteiger partial charge in [0.1, 0.15) is 0 Å². The molecule has 1 heterocycles. The lowest BCUT2D eigenvalue weighted by atomic mass is 10.1. The van der Waals surface area contributed by atoms with Gasteiger partial charge in [0, 0.05) is 18.4 Å². The van der Waals surface area contributed by atoms with Crippen molar-refractivity contribution in [3.05, 3.63) is 36.5 Å². The lowest BCUT2D eigenvalue weighted by Crippen LogP contribution is -2.31. The van der Waals surface area contributed by atoms with Gasteiger partial charge in [0.05, 0.1) is 17.7 Å². The van der Waals surface area contributed by atoms with E-state index in [1.54, 1.807) is 13.1 Å². The fourth-order valence-corrected chi connectivity index (χ4v) is 1.62. The average Bonchev–Trinajstić information content (AvgIpc) is 2.99. The molecule has 2 amide bonds. The number of rotatable bonds is 4. The molecule has 6 heteroatoms. The van der Waals surface area contributed by atoms with Crippen molar-refractivity contribution in [2.24, 2.45) is 5.92 Å². The standard InChI is InChI=1S/C14H15N5O/c1-10(8-15)9-16-14(20)18-12-4-2-11(3-5-12)13-6-7-17-19-13/h2-7,10H,9H2,1H3,(H,17,19)(H2,16,18,20)/t10-/m0/s1. The van der Waals surface area contributed by atoms with Crippen molar-refractivity contribution in [1.82, 2.24) is 15.5 Å². The van der Waals surface area contributed by atoms with Gasteiger partial charge in [0.2, 0.25) is 0 Å². The number of carbonyl (C=O) groups is 1. The average molecular weight is 269 g/mol. The first-order valence-corrected chi connectivity index (χ1v) is 6.23. The van der Waals surface area contributed by atoms with Gasteiger partial charge in [-0.15, -0.1) is 0 Å². The minimum Gasteiger partial charge on any atom is -0.337 e. The molecule has 6 nitrogen and oxygen atoms in total. The summed E-state index contributed by atoms with van der Waals surface area (Å²) in [7, 11) is 0. The summed E-state index contributed by atoms with van der Waals surface area (Å²) < 4.78 is 0. The van der Waals surface area contributed by atoms with Gasteiger partial charge in [0.25, 0.3) is 0 Å². The van der Waals surface area contributed by atoms with E-state index in [4.69, 9.17) is 5.26 Å². The molecule has 0 aliphatic heterocycles. The lowest BCUT2D eigenvalue weighted by Gasteiger charge is -2.08. The second kappa shape index (κ2) is 6.38. The van der Waals surface area contributed by atoms with Crippen LogP contribution in [0.4, 0.5) is 10.5 Å². The molecule has 0 saturated heterocycles. The number of aromatic amines is 1. The Morgan fingerprint density at radius 3 is 2.75 bits per heavy atom. The Balaban J connectivity index is 1.91. The van der Waals surface area contributed by atoms with E-state index in [0.717, 1.165) is 11.3 Å². The molecule has 20 heavy (non-hydrogen) atoms. The van der Waals surface area contributed by atoms with E-state index in [2.05, 4.69) is 26.9 Å². The first-order valence-electron chi connectivity index (χ1n) is 6.23. The number of H-pyrrole nitrogens is 1. The maximum absolute atomic E-state index is 11.6. The highest BCUT2D eigenvalue weighted by atomic mass is 16.2. The first-order chi connectivity index (χ1) is 9.69. The normalized spacial score (nSPS) is 11.4. The summed E-state index contributed by atoms with van der Waals surface area (Å²) >= 11 is 0. The van der Waals surface area contributed by atoms with Crippen molar-refractivity contribution in [2.45, 2.75) is 6.92 Å².